The maximum absolute atomic E-state index is 12.9. The number of nitrogens with zero attached hydrogens (tertiary/aromatic N) is 1. The van der Waals surface area contributed by atoms with Gasteiger partial charge in [-0.1, -0.05) is 24.3 Å². The number of halogens is 1. The molecule has 0 heterocycles. The summed E-state index contributed by atoms with van der Waals surface area (Å²) >= 11 is 0. The Balaban J connectivity index is 2.01. The molecule has 2 rings (SSSR count). The second-order valence-corrected chi connectivity index (χ2v) is 5.20. The van der Waals surface area contributed by atoms with Crippen LogP contribution in [-0.4, -0.2) is 12.0 Å². The molecule has 4 nitrogen and oxygen atoms in total. The lowest BCUT2D eigenvalue weighted by molar-refractivity contribution is -0.127. The van der Waals surface area contributed by atoms with Crippen molar-refractivity contribution in [2.75, 3.05) is 0 Å². The monoisotopic (exact) mass is 312 g/mol. The first-order valence-corrected chi connectivity index (χ1v) is 7.18. The molecule has 0 bridgehead atoms. The number of hydrogen-bond donors (Lipinski definition) is 1. The number of nitrogens with one attached hydrogen (secondary N) is 1. The molecule has 0 saturated heterocycles. The minimum absolute atomic E-state index is 0.395. The van der Waals surface area contributed by atoms with Gasteiger partial charge in [-0.2, -0.15) is 5.26 Å². The van der Waals surface area contributed by atoms with Crippen LogP contribution in [0.1, 0.15) is 24.1 Å². The largest absolute Gasteiger partial charge is 0.481 e. The zero-order valence-corrected chi connectivity index (χ0v) is 12.9. The molecule has 5 heteroatoms. The van der Waals surface area contributed by atoms with E-state index in [1.165, 1.54) is 24.3 Å². The standard InChI is InChI=1S/C18H17FN2O2/c1-12-4-3-5-16(10-12)23-13(2)18(22)21-17(11-20)14-6-8-15(19)9-7-14/h3-10,13,17H,1-2H3,(H,21,22)/t13-,17-/m1/s1. The number of amides is 1. The van der Waals surface area contributed by atoms with E-state index in [4.69, 9.17) is 4.74 Å². The van der Waals surface area contributed by atoms with Gasteiger partial charge in [0.25, 0.3) is 5.91 Å². The van der Waals surface area contributed by atoms with Crippen molar-refractivity contribution in [1.82, 2.24) is 5.32 Å². The molecule has 0 saturated carbocycles. The third-order valence-corrected chi connectivity index (χ3v) is 3.29. The van der Waals surface area contributed by atoms with Crippen LogP contribution < -0.4 is 10.1 Å². The van der Waals surface area contributed by atoms with Gasteiger partial charge in [-0.15, -0.1) is 0 Å². The topological polar surface area (TPSA) is 62.1 Å². The van der Waals surface area contributed by atoms with Crippen LogP contribution in [0, 0.1) is 24.1 Å². The number of carbonyl (C=O) groups excluding carboxylic acids is 1. The van der Waals surface area contributed by atoms with Crippen molar-refractivity contribution in [1.29, 1.82) is 5.26 Å². The van der Waals surface area contributed by atoms with E-state index >= 15 is 0 Å². The Morgan fingerprint density at radius 2 is 1.96 bits per heavy atom. The smallest absolute Gasteiger partial charge is 0.262 e. The van der Waals surface area contributed by atoms with Gasteiger partial charge in [0.1, 0.15) is 17.6 Å². The summed E-state index contributed by atoms with van der Waals surface area (Å²) in [5.74, 6) is -0.224. The van der Waals surface area contributed by atoms with Crippen molar-refractivity contribution < 1.29 is 13.9 Å². The van der Waals surface area contributed by atoms with Gasteiger partial charge < -0.3 is 10.1 Å². The number of hydrogen-bond acceptors (Lipinski definition) is 3. The molecule has 2 atom stereocenters. The zero-order valence-electron chi connectivity index (χ0n) is 12.9. The lowest BCUT2D eigenvalue weighted by atomic mass is 10.1. The Labute approximate surface area is 134 Å². The normalized spacial score (nSPS) is 12.8. The fraction of sp³-hybridized carbons (Fsp3) is 0.222. The molecule has 1 amide bonds. The highest BCUT2D eigenvalue weighted by molar-refractivity contribution is 5.81. The van der Waals surface area contributed by atoms with Crippen molar-refractivity contribution in [3.63, 3.8) is 0 Å². The first kappa shape index (κ1) is 16.5. The Morgan fingerprint density at radius 3 is 2.57 bits per heavy atom. The number of rotatable bonds is 5. The Bertz CT molecular complexity index is 723. The van der Waals surface area contributed by atoms with E-state index in [9.17, 15) is 14.4 Å². The summed E-state index contributed by atoms with van der Waals surface area (Å²) in [6.45, 7) is 3.54. The molecule has 118 valence electrons. The van der Waals surface area contributed by atoms with Crippen LogP contribution in [-0.2, 0) is 4.79 Å². The van der Waals surface area contributed by atoms with Crippen molar-refractivity contribution in [2.24, 2.45) is 0 Å². The minimum Gasteiger partial charge on any atom is -0.481 e. The lowest BCUT2D eigenvalue weighted by Crippen LogP contribution is -2.38. The van der Waals surface area contributed by atoms with E-state index in [2.05, 4.69) is 5.32 Å². The van der Waals surface area contributed by atoms with Gasteiger partial charge in [-0.3, -0.25) is 4.79 Å². The van der Waals surface area contributed by atoms with Crippen molar-refractivity contribution >= 4 is 5.91 Å². The highest BCUT2D eigenvalue weighted by Crippen LogP contribution is 2.16. The van der Waals surface area contributed by atoms with Gasteiger partial charge >= 0.3 is 0 Å². The third-order valence-electron chi connectivity index (χ3n) is 3.29. The van der Waals surface area contributed by atoms with Crippen LogP contribution in [0.5, 0.6) is 5.75 Å². The third kappa shape index (κ3) is 4.55. The average Bonchev–Trinajstić information content (AvgIpc) is 2.53. The van der Waals surface area contributed by atoms with E-state index in [0.717, 1.165) is 5.56 Å². The van der Waals surface area contributed by atoms with Gasteiger partial charge in [-0.05, 0) is 49.2 Å². The highest BCUT2D eigenvalue weighted by atomic mass is 19.1. The summed E-state index contributed by atoms with van der Waals surface area (Å²) in [6.07, 6.45) is -0.756. The van der Waals surface area contributed by atoms with Crippen molar-refractivity contribution in [3.05, 3.63) is 65.5 Å². The van der Waals surface area contributed by atoms with Gasteiger partial charge in [0.15, 0.2) is 6.10 Å². The predicted molar refractivity (Wildman–Crippen MR) is 84.2 cm³/mol. The zero-order chi connectivity index (χ0) is 16.8. The second kappa shape index (κ2) is 7.41. The molecule has 0 radical (unpaired) electrons. The average molecular weight is 312 g/mol. The quantitative estimate of drug-likeness (QED) is 0.921. The maximum Gasteiger partial charge on any atom is 0.262 e. The van der Waals surface area contributed by atoms with Crippen molar-refractivity contribution in [2.45, 2.75) is 26.0 Å². The van der Waals surface area contributed by atoms with Crippen LogP contribution in [0.25, 0.3) is 0 Å². The molecule has 0 aromatic heterocycles. The van der Waals surface area contributed by atoms with Gasteiger partial charge in [-0.25, -0.2) is 4.39 Å². The molecule has 0 aliphatic carbocycles. The Hall–Kier alpha value is -2.87. The number of aryl methyl sites for hydroxylation is 1. The summed E-state index contributed by atoms with van der Waals surface area (Å²) in [7, 11) is 0. The van der Waals surface area contributed by atoms with Crippen LogP contribution in [0.2, 0.25) is 0 Å². The van der Waals surface area contributed by atoms with E-state index in [1.807, 2.05) is 31.2 Å². The first-order valence-electron chi connectivity index (χ1n) is 7.18. The maximum atomic E-state index is 12.9. The van der Waals surface area contributed by atoms with Gasteiger partial charge in [0, 0.05) is 0 Å². The summed E-state index contributed by atoms with van der Waals surface area (Å²) in [5, 5.41) is 11.8. The summed E-state index contributed by atoms with van der Waals surface area (Å²) in [5.41, 5.74) is 1.54. The molecule has 0 aliphatic rings. The van der Waals surface area contributed by atoms with E-state index in [-0.39, 0.29) is 0 Å². The van der Waals surface area contributed by atoms with E-state index in [0.29, 0.717) is 11.3 Å². The van der Waals surface area contributed by atoms with Crippen LogP contribution >= 0.6 is 0 Å². The fourth-order valence-corrected chi connectivity index (χ4v) is 2.05. The number of nitriles is 1. The molecule has 0 unspecified atom stereocenters. The predicted octanol–water partition coefficient (Wildman–Crippen LogP) is 3.28. The second-order valence-electron chi connectivity index (χ2n) is 5.20. The van der Waals surface area contributed by atoms with Crippen LogP contribution in [0.15, 0.2) is 48.5 Å². The SMILES string of the molecule is Cc1cccc(O[C@H](C)C(=O)N[C@H](C#N)c2ccc(F)cc2)c1. The Morgan fingerprint density at radius 1 is 1.26 bits per heavy atom. The molecule has 2 aromatic rings. The van der Waals surface area contributed by atoms with Crippen molar-refractivity contribution in [3.8, 4) is 11.8 Å². The number of carbonyl (C=O) groups is 1. The molecule has 1 N–H and O–H groups in total. The highest BCUT2D eigenvalue weighted by Gasteiger charge is 2.20. The number of benzene rings is 2. The molecule has 0 fully saturated rings. The number of ether oxygens (including phenoxy) is 1. The van der Waals surface area contributed by atoms with E-state index < -0.39 is 23.9 Å². The molecular weight excluding hydrogens is 295 g/mol. The van der Waals surface area contributed by atoms with Gasteiger partial charge in [0.2, 0.25) is 0 Å². The molecule has 23 heavy (non-hydrogen) atoms. The van der Waals surface area contributed by atoms with Gasteiger partial charge in [0.05, 0.1) is 6.07 Å². The fourth-order valence-electron chi connectivity index (χ4n) is 2.05. The first-order chi connectivity index (χ1) is 11.0. The van der Waals surface area contributed by atoms with E-state index in [1.54, 1.807) is 13.0 Å². The Kier molecular flexibility index (Phi) is 5.32. The molecule has 0 spiro atoms. The van der Waals surface area contributed by atoms with Crippen LogP contribution in [0.3, 0.4) is 0 Å². The molecular formula is C18H17FN2O2. The molecule has 2 aromatic carbocycles. The lowest BCUT2D eigenvalue weighted by Gasteiger charge is -2.17. The summed E-state index contributed by atoms with van der Waals surface area (Å²) in [4.78, 5) is 12.2. The minimum atomic E-state index is -0.855. The summed E-state index contributed by atoms with van der Waals surface area (Å²) in [6, 6.07) is 13.9. The summed E-state index contributed by atoms with van der Waals surface area (Å²) < 4.78 is 18.5. The van der Waals surface area contributed by atoms with Crippen LogP contribution in [0.4, 0.5) is 4.39 Å². The molecule has 0 aliphatic heterocycles.